The van der Waals surface area contributed by atoms with Crippen LogP contribution in [-0.2, 0) is 0 Å². The summed E-state index contributed by atoms with van der Waals surface area (Å²) in [6.07, 6.45) is 37.6. The topological polar surface area (TPSA) is 0 Å². The smallest absolute Gasteiger partial charge is 0.0122 e. The van der Waals surface area contributed by atoms with Crippen molar-refractivity contribution in [1.29, 1.82) is 0 Å². The van der Waals surface area contributed by atoms with E-state index in [9.17, 15) is 0 Å². The van der Waals surface area contributed by atoms with Crippen molar-refractivity contribution in [2.24, 2.45) is 5.92 Å². The maximum atomic E-state index is 3.49. The number of hydrogen-bond donors (Lipinski definition) is 0. The lowest BCUT2D eigenvalue weighted by Gasteiger charge is -2.39. The van der Waals surface area contributed by atoms with Crippen molar-refractivity contribution < 1.29 is 0 Å². The monoisotopic (exact) mass is 562 g/mol. The summed E-state index contributed by atoms with van der Waals surface area (Å²) in [5.74, 6) is 0.941. The van der Waals surface area contributed by atoms with E-state index in [1.807, 2.05) is 0 Å². The Morgan fingerprint density at radius 1 is 0.412 bits per heavy atom. The third-order valence-electron chi connectivity index (χ3n) is 8.12. The Balaban J connectivity index is 0. The van der Waals surface area contributed by atoms with E-state index in [0.29, 0.717) is 5.16 Å². The van der Waals surface area contributed by atoms with Crippen LogP contribution in [0.4, 0.5) is 0 Å². The molecular weight excluding hydrogens is 495 g/mol. The summed E-state index contributed by atoms with van der Waals surface area (Å²) < 4.78 is 0. The van der Waals surface area contributed by atoms with E-state index in [4.69, 9.17) is 0 Å². The zero-order chi connectivity index (χ0) is 24.5. The fourth-order valence-corrected chi connectivity index (χ4v) is 6.45. The molecule has 0 aliphatic carbocycles. The van der Waals surface area contributed by atoms with Gasteiger partial charge in [0, 0.05) is 0 Å². The molecule has 2 unspecified atom stereocenters. The Morgan fingerprint density at radius 2 is 0.676 bits per heavy atom. The van der Waals surface area contributed by atoms with Gasteiger partial charge in [-0.05, 0) is 36.8 Å². The molecule has 0 nitrogen and oxygen atoms in total. The van der Waals surface area contributed by atoms with Crippen LogP contribution in [0.2, 0.25) is 0 Å². The van der Waals surface area contributed by atoms with Gasteiger partial charge < -0.3 is 0 Å². The van der Waals surface area contributed by atoms with Gasteiger partial charge >= 0.3 is 0 Å². The summed E-state index contributed by atoms with van der Waals surface area (Å²) in [7, 11) is 3.49. The highest BCUT2D eigenvalue weighted by atomic mass is 79.9. The molecule has 0 aromatic carbocycles. The number of halogens is 1. The van der Waals surface area contributed by atoms with Crippen molar-refractivity contribution >= 4 is 26.2 Å². The Morgan fingerprint density at radius 3 is 1.03 bits per heavy atom. The largest absolute Gasteiger partial charge is 0.131 e. The maximum absolute atomic E-state index is 3.49. The van der Waals surface area contributed by atoms with Crippen molar-refractivity contribution in [3.63, 3.8) is 0 Å². The molecule has 0 saturated carbocycles. The zero-order valence-electron chi connectivity index (χ0n) is 24.4. The molecule has 2 atom stereocenters. The van der Waals surface area contributed by atoms with Crippen LogP contribution in [0.15, 0.2) is 0 Å². The van der Waals surface area contributed by atoms with E-state index in [2.05, 4.69) is 36.9 Å². The van der Waals surface area contributed by atoms with E-state index >= 15 is 0 Å². The summed E-state index contributed by atoms with van der Waals surface area (Å²) in [4.78, 5) is 0. The summed E-state index contributed by atoms with van der Waals surface area (Å²) in [5, 5.41) is 0.521. The van der Waals surface area contributed by atoms with Crippen molar-refractivity contribution in [3.8, 4) is 0 Å². The van der Waals surface area contributed by atoms with Gasteiger partial charge in [0.15, 0.2) is 0 Å². The zero-order valence-corrected chi connectivity index (χ0v) is 27.3. The van der Waals surface area contributed by atoms with Gasteiger partial charge in [0.1, 0.15) is 0 Å². The summed E-state index contributed by atoms with van der Waals surface area (Å²) in [6, 6.07) is 0. The molecule has 0 fully saturated rings. The molecule has 0 saturated heterocycles. The Hall–Kier alpha value is 0.910. The highest BCUT2D eigenvalue weighted by molar-refractivity contribution is 8.93. The molecule has 0 rings (SSSR count). The average Bonchev–Trinajstić information content (AvgIpc) is 2.82. The molecule has 0 N–H and O–H groups in total. The van der Waals surface area contributed by atoms with Gasteiger partial charge in [-0.2, -0.15) is 0 Å². The Labute approximate surface area is 231 Å². The van der Waals surface area contributed by atoms with E-state index in [0.717, 1.165) is 5.92 Å². The van der Waals surface area contributed by atoms with Crippen LogP contribution in [-0.4, -0.2) is 5.16 Å². The number of unbranched alkanes of at least 4 members (excludes halogenated alkanes) is 18. The predicted octanol–water partition coefficient (Wildman–Crippen LogP) is 13.0. The van der Waals surface area contributed by atoms with Crippen LogP contribution in [0.1, 0.15) is 195 Å². The van der Waals surface area contributed by atoms with Crippen LogP contribution < -0.4 is 0 Å². The van der Waals surface area contributed by atoms with Crippen LogP contribution in [0.3, 0.4) is 0 Å². The first kappa shape index (κ1) is 37.1. The van der Waals surface area contributed by atoms with E-state index in [-0.39, 0.29) is 17.0 Å². The first-order valence-corrected chi connectivity index (χ1v) is 16.5. The van der Waals surface area contributed by atoms with Crippen LogP contribution in [0, 0.1) is 5.92 Å². The molecule has 0 aliphatic heterocycles. The second-order valence-corrected chi connectivity index (χ2v) is 12.5. The van der Waals surface area contributed by atoms with Crippen molar-refractivity contribution in [1.82, 2.24) is 0 Å². The SMILES string of the molecule is Br.CCCCCCCCCCCCC(CCCCCC)C(P)(CCCCCC)CCCCCC. The molecular formula is C32H68BrP. The van der Waals surface area contributed by atoms with Crippen molar-refractivity contribution in [3.05, 3.63) is 0 Å². The van der Waals surface area contributed by atoms with Gasteiger partial charge in [0.05, 0.1) is 0 Å². The number of rotatable bonds is 27. The van der Waals surface area contributed by atoms with Gasteiger partial charge in [-0.3, -0.25) is 0 Å². The van der Waals surface area contributed by atoms with Gasteiger partial charge in [-0.1, -0.05) is 169 Å². The van der Waals surface area contributed by atoms with Gasteiger partial charge in [0.25, 0.3) is 0 Å². The van der Waals surface area contributed by atoms with Crippen LogP contribution in [0.5, 0.6) is 0 Å². The van der Waals surface area contributed by atoms with Gasteiger partial charge in [0.2, 0.25) is 0 Å². The third-order valence-corrected chi connectivity index (χ3v) is 9.17. The highest BCUT2D eigenvalue weighted by Crippen LogP contribution is 2.44. The first-order valence-electron chi connectivity index (χ1n) is 15.9. The number of hydrogen-bond acceptors (Lipinski definition) is 0. The highest BCUT2D eigenvalue weighted by Gasteiger charge is 2.32. The average molecular weight is 564 g/mol. The minimum atomic E-state index is 0. The Bertz CT molecular complexity index is 358. The summed E-state index contributed by atoms with van der Waals surface area (Å²) in [6.45, 7) is 9.36. The van der Waals surface area contributed by atoms with E-state index in [1.165, 1.54) is 167 Å². The molecule has 0 aliphatic rings. The summed E-state index contributed by atoms with van der Waals surface area (Å²) in [5.41, 5.74) is 0. The third kappa shape index (κ3) is 22.1. The fourth-order valence-electron chi connectivity index (χ4n) is 5.71. The second-order valence-electron chi connectivity index (χ2n) is 11.4. The minimum Gasteiger partial charge on any atom is -0.131 e. The molecule has 34 heavy (non-hydrogen) atoms. The van der Waals surface area contributed by atoms with Gasteiger partial charge in [-0.15, -0.1) is 26.2 Å². The molecule has 0 heterocycles. The maximum Gasteiger partial charge on any atom is -0.0122 e. The Kier molecular flexibility index (Phi) is 31.0. The van der Waals surface area contributed by atoms with E-state index < -0.39 is 0 Å². The lowest BCUT2D eigenvalue weighted by atomic mass is 9.77. The second kappa shape index (κ2) is 28.5. The normalized spacial score (nSPS) is 12.6. The van der Waals surface area contributed by atoms with Crippen LogP contribution >= 0.6 is 26.2 Å². The van der Waals surface area contributed by atoms with E-state index in [1.54, 1.807) is 0 Å². The molecule has 0 bridgehead atoms. The molecule has 208 valence electrons. The van der Waals surface area contributed by atoms with Crippen molar-refractivity contribution in [2.75, 3.05) is 0 Å². The van der Waals surface area contributed by atoms with Crippen molar-refractivity contribution in [2.45, 2.75) is 200 Å². The molecule has 0 spiro atoms. The minimum absolute atomic E-state index is 0. The molecule has 0 amide bonds. The fraction of sp³-hybridized carbons (Fsp3) is 1.00. The van der Waals surface area contributed by atoms with Gasteiger partial charge in [-0.25, -0.2) is 0 Å². The molecule has 0 radical (unpaired) electrons. The predicted molar refractivity (Wildman–Crippen MR) is 169 cm³/mol. The first-order chi connectivity index (χ1) is 16.1. The lowest BCUT2D eigenvalue weighted by Crippen LogP contribution is -2.32. The molecule has 0 aromatic heterocycles. The quantitative estimate of drug-likeness (QED) is 0.0689. The lowest BCUT2D eigenvalue weighted by molar-refractivity contribution is 0.270. The standard InChI is InChI=1S/C32H67P.BrH/c1-5-9-13-17-18-19-20-21-22-24-28-31(27-23-14-10-6-2)32(33,29-25-15-11-7-3)30-26-16-12-8-4;/h31H,5-30,33H2,1-4H3;1H. The van der Waals surface area contributed by atoms with Crippen LogP contribution in [0.25, 0.3) is 0 Å². The molecule has 0 aromatic rings. The summed E-state index contributed by atoms with van der Waals surface area (Å²) >= 11 is 0. The molecule has 2 heteroatoms.